The predicted molar refractivity (Wildman–Crippen MR) is 116 cm³/mol. The zero-order valence-corrected chi connectivity index (χ0v) is 16.0. The minimum atomic E-state index is 0.933. The quantitative estimate of drug-likeness (QED) is 0.296. The first kappa shape index (κ1) is 16.2. The van der Waals surface area contributed by atoms with Gasteiger partial charge >= 0.3 is 0 Å². The molecule has 0 saturated carbocycles. The number of hydrogen-bond donors (Lipinski definition) is 0. The Morgan fingerprint density at radius 1 is 0.519 bits per heavy atom. The van der Waals surface area contributed by atoms with Crippen LogP contribution in [0.5, 0.6) is 0 Å². The van der Waals surface area contributed by atoms with Gasteiger partial charge in [-0.2, -0.15) is 0 Å². The highest BCUT2D eigenvalue weighted by molar-refractivity contribution is 9.10. The number of nitrogens with zero attached hydrogens (tertiary/aromatic N) is 2. The van der Waals surface area contributed by atoms with E-state index in [0.717, 1.165) is 48.8 Å². The van der Waals surface area contributed by atoms with E-state index < -0.39 is 0 Å². The number of fused-ring (bicyclic) bond motifs is 3. The second-order valence-electron chi connectivity index (χ2n) is 6.48. The van der Waals surface area contributed by atoms with Gasteiger partial charge in [0.25, 0.3) is 0 Å². The Morgan fingerprint density at radius 2 is 1.07 bits per heavy atom. The largest absolute Gasteiger partial charge is 0.245 e. The van der Waals surface area contributed by atoms with Crippen molar-refractivity contribution in [3.8, 4) is 22.5 Å². The molecule has 2 heterocycles. The van der Waals surface area contributed by atoms with E-state index in [2.05, 4.69) is 76.6 Å². The van der Waals surface area contributed by atoms with E-state index in [4.69, 9.17) is 9.97 Å². The maximum absolute atomic E-state index is 4.97. The van der Waals surface area contributed by atoms with Gasteiger partial charge in [-0.05, 0) is 24.3 Å². The molecule has 5 rings (SSSR count). The Morgan fingerprint density at radius 3 is 1.70 bits per heavy atom. The average Bonchev–Trinajstić information content (AvgIpc) is 2.73. The maximum atomic E-state index is 4.97. The number of rotatable bonds is 2. The van der Waals surface area contributed by atoms with Gasteiger partial charge in [0.05, 0.1) is 22.4 Å². The second-order valence-corrected chi connectivity index (χ2v) is 7.39. The molecule has 0 N–H and O–H groups in total. The first-order valence-electron chi connectivity index (χ1n) is 8.80. The van der Waals surface area contributed by atoms with Crippen LogP contribution < -0.4 is 0 Å². The number of pyridine rings is 2. The molecular weight excluding hydrogens is 396 g/mol. The van der Waals surface area contributed by atoms with Crippen LogP contribution in [0.4, 0.5) is 0 Å². The molecule has 0 atom stereocenters. The smallest absolute Gasteiger partial charge is 0.0972 e. The molecule has 0 aliphatic rings. The summed E-state index contributed by atoms with van der Waals surface area (Å²) in [6.45, 7) is 0. The highest BCUT2D eigenvalue weighted by atomic mass is 79.9. The SMILES string of the molecule is Brc1cccc(-c2ccc3ccc4ccc(-c5ccccc5)nc4c3n2)c1. The van der Waals surface area contributed by atoms with Gasteiger partial charge < -0.3 is 0 Å². The Labute approximate surface area is 165 Å². The van der Waals surface area contributed by atoms with Crippen LogP contribution in [-0.4, -0.2) is 9.97 Å². The summed E-state index contributed by atoms with van der Waals surface area (Å²) in [4.78, 5) is 9.92. The van der Waals surface area contributed by atoms with E-state index in [-0.39, 0.29) is 0 Å². The molecule has 0 bridgehead atoms. The molecule has 3 aromatic carbocycles. The highest BCUT2D eigenvalue weighted by Gasteiger charge is 2.08. The van der Waals surface area contributed by atoms with Gasteiger partial charge in [-0.25, -0.2) is 9.97 Å². The molecule has 2 nitrogen and oxygen atoms in total. The van der Waals surface area contributed by atoms with E-state index >= 15 is 0 Å². The number of hydrogen-bond acceptors (Lipinski definition) is 2. The van der Waals surface area contributed by atoms with Crippen molar-refractivity contribution in [2.45, 2.75) is 0 Å². The van der Waals surface area contributed by atoms with Crippen LogP contribution in [0.2, 0.25) is 0 Å². The molecule has 0 fully saturated rings. The fourth-order valence-electron chi connectivity index (χ4n) is 3.35. The van der Waals surface area contributed by atoms with Gasteiger partial charge in [-0.15, -0.1) is 0 Å². The maximum Gasteiger partial charge on any atom is 0.0972 e. The molecule has 27 heavy (non-hydrogen) atoms. The molecule has 3 heteroatoms. The van der Waals surface area contributed by atoms with Crippen LogP contribution in [0.1, 0.15) is 0 Å². The summed E-state index contributed by atoms with van der Waals surface area (Å²) in [6.07, 6.45) is 0. The van der Waals surface area contributed by atoms with Gasteiger partial charge in [0.15, 0.2) is 0 Å². The predicted octanol–water partition coefficient (Wildman–Crippen LogP) is 6.88. The molecule has 0 unspecified atom stereocenters. The average molecular weight is 411 g/mol. The van der Waals surface area contributed by atoms with Gasteiger partial charge in [0.2, 0.25) is 0 Å². The number of aromatic nitrogens is 2. The topological polar surface area (TPSA) is 25.8 Å². The molecule has 0 aliphatic carbocycles. The lowest BCUT2D eigenvalue weighted by Crippen LogP contribution is -1.91. The van der Waals surface area contributed by atoms with Crippen LogP contribution in [0.15, 0.2) is 95.5 Å². The van der Waals surface area contributed by atoms with Gasteiger partial charge in [-0.3, -0.25) is 0 Å². The summed E-state index contributed by atoms with van der Waals surface area (Å²) < 4.78 is 1.05. The van der Waals surface area contributed by atoms with Crippen molar-refractivity contribution in [3.63, 3.8) is 0 Å². The van der Waals surface area contributed by atoms with E-state index in [1.165, 1.54) is 0 Å². The first-order chi connectivity index (χ1) is 13.3. The lowest BCUT2D eigenvalue weighted by atomic mass is 10.1. The zero-order valence-electron chi connectivity index (χ0n) is 14.4. The first-order valence-corrected chi connectivity index (χ1v) is 9.59. The summed E-state index contributed by atoms with van der Waals surface area (Å²) in [5.74, 6) is 0. The monoisotopic (exact) mass is 410 g/mol. The molecule has 128 valence electrons. The van der Waals surface area contributed by atoms with Crippen LogP contribution >= 0.6 is 15.9 Å². The lowest BCUT2D eigenvalue weighted by Gasteiger charge is -2.08. The van der Waals surface area contributed by atoms with Crippen molar-refractivity contribution in [2.75, 3.05) is 0 Å². The van der Waals surface area contributed by atoms with E-state index in [0.29, 0.717) is 0 Å². The molecular formula is C24H15BrN2. The third kappa shape index (κ3) is 3.00. The lowest BCUT2D eigenvalue weighted by molar-refractivity contribution is 1.36. The van der Waals surface area contributed by atoms with Crippen LogP contribution in [0.25, 0.3) is 44.3 Å². The molecule has 0 saturated heterocycles. The van der Waals surface area contributed by atoms with Crippen molar-refractivity contribution in [3.05, 3.63) is 95.5 Å². The van der Waals surface area contributed by atoms with Crippen LogP contribution in [0, 0.1) is 0 Å². The third-order valence-electron chi connectivity index (χ3n) is 4.71. The van der Waals surface area contributed by atoms with E-state index in [9.17, 15) is 0 Å². The Balaban J connectivity index is 1.76. The standard InChI is InChI=1S/C24H15BrN2/c25-20-8-4-7-19(15-20)22-14-12-18-10-9-17-11-13-21(16-5-2-1-3-6-16)26-23(17)24(18)27-22/h1-15H. The third-order valence-corrected chi connectivity index (χ3v) is 5.20. The summed E-state index contributed by atoms with van der Waals surface area (Å²) in [5.41, 5.74) is 5.98. The number of benzene rings is 3. The molecule has 0 aliphatic heterocycles. The summed E-state index contributed by atoms with van der Waals surface area (Å²) >= 11 is 3.54. The molecule has 2 aromatic heterocycles. The minimum absolute atomic E-state index is 0.933. The minimum Gasteiger partial charge on any atom is -0.245 e. The van der Waals surface area contributed by atoms with E-state index in [1.54, 1.807) is 0 Å². The van der Waals surface area contributed by atoms with Gasteiger partial charge in [-0.1, -0.05) is 82.7 Å². The Kier molecular flexibility index (Phi) is 3.95. The highest BCUT2D eigenvalue weighted by Crippen LogP contribution is 2.29. The Bertz CT molecular complexity index is 1280. The molecule has 5 aromatic rings. The van der Waals surface area contributed by atoms with Crippen molar-refractivity contribution < 1.29 is 0 Å². The fraction of sp³-hybridized carbons (Fsp3) is 0. The molecule has 0 spiro atoms. The molecule has 0 amide bonds. The summed E-state index contributed by atoms with van der Waals surface area (Å²) in [5, 5.41) is 2.19. The van der Waals surface area contributed by atoms with Crippen molar-refractivity contribution >= 4 is 37.7 Å². The fourth-order valence-corrected chi connectivity index (χ4v) is 3.75. The zero-order chi connectivity index (χ0) is 18.2. The number of halogens is 1. The van der Waals surface area contributed by atoms with Crippen molar-refractivity contribution in [2.24, 2.45) is 0 Å². The second kappa shape index (κ2) is 6.60. The Hall–Kier alpha value is -3.04. The van der Waals surface area contributed by atoms with Gasteiger partial charge in [0, 0.05) is 26.4 Å². The normalized spacial score (nSPS) is 11.1. The van der Waals surface area contributed by atoms with Crippen molar-refractivity contribution in [1.29, 1.82) is 0 Å². The van der Waals surface area contributed by atoms with Crippen LogP contribution in [-0.2, 0) is 0 Å². The van der Waals surface area contributed by atoms with Crippen LogP contribution in [0.3, 0.4) is 0 Å². The van der Waals surface area contributed by atoms with E-state index in [1.807, 2.05) is 30.3 Å². The van der Waals surface area contributed by atoms with Crippen molar-refractivity contribution in [1.82, 2.24) is 9.97 Å². The molecule has 0 radical (unpaired) electrons. The van der Waals surface area contributed by atoms with Gasteiger partial charge in [0.1, 0.15) is 0 Å². The summed E-state index contributed by atoms with van der Waals surface area (Å²) in [7, 11) is 0. The summed E-state index contributed by atoms with van der Waals surface area (Å²) in [6, 6.07) is 31.1.